The van der Waals surface area contributed by atoms with Crippen LogP contribution < -0.4 is 5.56 Å². The number of fused-ring (bicyclic) bond motifs is 1. The van der Waals surface area contributed by atoms with Gasteiger partial charge in [-0.05, 0) is 38.5 Å². The van der Waals surface area contributed by atoms with Gasteiger partial charge in [0, 0.05) is 11.0 Å². The minimum absolute atomic E-state index is 0.0992. The SMILES string of the molecule is CCCCOC(=O)C(C)Sc1nc2ccc(Br)cc2c(=O)n1CC. The molecule has 0 spiro atoms. The summed E-state index contributed by atoms with van der Waals surface area (Å²) >= 11 is 4.64. The Morgan fingerprint density at radius 1 is 1.42 bits per heavy atom. The third-order valence-corrected chi connectivity index (χ3v) is 5.12. The molecule has 1 atom stereocenters. The van der Waals surface area contributed by atoms with Crippen LogP contribution in [0.1, 0.15) is 33.6 Å². The minimum atomic E-state index is -0.417. The maximum atomic E-state index is 12.7. The Morgan fingerprint density at radius 2 is 2.17 bits per heavy atom. The van der Waals surface area contributed by atoms with E-state index in [2.05, 4.69) is 20.9 Å². The van der Waals surface area contributed by atoms with Crippen molar-refractivity contribution >= 4 is 44.6 Å². The molecule has 130 valence electrons. The van der Waals surface area contributed by atoms with Gasteiger partial charge in [0.25, 0.3) is 5.56 Å². The van der Waals surface area contributed by atoms with Crippen molar-refractivity contribution < 1.29 is 9.53 Å². The van der Waals surface area contributed by atoms with E-state index in [-0.39, 0.29) is 11.5 Å². The van der Waals surface area contributed by atoms with Crippen LogP contribution in [0.3, 0.4) is 0 Å². The van der Waals surface area contributed by atoms with E-state index in [4.69, 9.17) is 4.74 Å². The zero-order valence-electron chi connectivity index (χ0n) is 14.0. The van der Waals surface area contributed by atoms with E-state index in [0.717, 1.165) is 17.3 Å². The first-order chi connectivity index (χ1) is 11.5. The highest BCUT2D eigenvalue weighted by Gasteiger charge is 2.20. The average molecular weight is 413 g/mol. The van der Waals surface area contributed by atoms with Crippen molar-refractivity contribution in [3.05, 3.63) is 33.0 Å². The van der Waals surface area contributed by atoms with Gasteiger partial charge in [-0.25, -0.2) is 4.98 Å². The first-order valence-electron chi connectivity index (χ1n) is 8.01. The fraction of sp³-hybridized carbons (Fsp3) is 0.471. The summed E-state index contributed by atoms with van der Waals surface area (Å²) in [5.41, 5.74) is 0.528. The van der Waals surface area contributed by atoms with Crippen molar-refractivity contribution in [3.8, 4) is 0 Å². The highest BCUT2D eigenvalue weighted by Crippen LogP contribution is 2.24. The summed E-state index contributed by atoms with van der Waals surface area (Å²) in [6, 6.07) is 5.42. The van der Waals surface area contributed by atoms with E-state index in [1.54, 1.807) is 23.6 Å². The fourth-order valence-electron chi connectivity index (χ4n) is 2.18. The standard InChI is InChI=1S/C17H21BrN2O3S/c1-4-6-9-23-16(22)11(3)24-17-19-14-8-7-12(18)10-13(14)15(21)20(17)5-2/h7-8,10-11H,4-6,9H2,1-3H3. The molecule has 0 aliphatic carbocycles. The summed E-state index contributed by atoms with van der Waals surface area (Å²) < 4.78 is 7.67. The van der Waals surface area contributed by atoms with Crippen LogP contribution in [-0.2, 0) is 16.1 Å². The summed E-state index contributed by atoms with van der Waals surface area (Å²) in [5, 5.41) is 0.686. The summed E-state index contributed by atoms with van der Waals surface area (Å²) in [5.74, 6) is -0.277. The average Bonchev–Trinajstić information content (AvgIpc) is 2.56. The molecule has 2 aromatic rings. The highest BCUT2D eigenvalue weighted by atomic mass is 79.9. The molecule has 0 aliphatic heterocycles. The summed E-state index contributed by atoms with van der Waals surface area (Å²) in [4.78, 5) is 29.3. The van der Waals surface area contributed by atoms with Crippen LogP contribution in [0, 0.1) is 0 Å². The zero-order valence-corrected chi connectivity index (χ0v) is 16.4. The van der Waals surface area contributed by atoms with Gasteiger partial charge < -0.3 is 4.74 Å². The number of aromatic nitrogens is 2. The lowest BCUT2D eigenvalue weighted by atomic mass is 10.2. The van der Waals surface area contributed by atoms with Crippen molar-refractivity contribution in [2.45, 2.75) is 50.6 Å². The van der Waals surface area contributed by atoms with Crippen LogP contribution in [-0.4, -0.2) is 27.4 Å². The van der Waals surface area contributed by atoms with Crippen molar-refractivity contribution in [1.82, 2.24) is 9.55 Å². The fourth-order valence-corrected chi connectivity index (χ4v) is 3.51. The Kier molecular flexibility index (Phi) is 6.86. The van der Waals surface area contributed by atoms with Gasteiger partial charge in [-0.15, -0.1) is 0 Å². The van der Waals surface area contributed by atoms with Gasteiger partial charge in [-0.1, -0.05) is 41.0 Å². The number of carbonyl (C=O) groups is 1. The number of esters is 1. The molecule has 0 amide bonds. The summed E-state index contributed by atoms with van der Waals surface area (Å²) in [6.45, 7) is 6.63. The van der Waals surface area contributed by atoms with Crippen LogP contribution in [0.4, 0.5) is 0 Å². The molecule has 0 saturated heterocycles. The molecule has 0 radical (unpaired) electrons. The lowest BCUT2D eigenvalue weighted by Crippen LogP contribution is -2.25. The first kappa shape index (κ1) is 19.0. The number of benzene rings is 1. The molecule has 0 fully saturated rings. The van der Waals surface area contributed by atoms with Crippen LogP contribution in [0.25, 0.3) is 10.9 Å². The third-order valence-electron chi connectivity index (χ3n) is 3.55. The molecular formula is C17H21BrN2O3S. The lowest BCUT2D eigenvalue weighted by Gasteiger charge is -2.15. The normalized spacial score (nSPS) is 12.3. The largest absolute Gasteiger partial charge is 0.465 e. The number of carbonyl (C=O) groups excluding carboxylic acids is 1. The monoisotopic (exact) mass is 412 g/mol. The Balaban J connectivity index is 2.29. The number of rotatable bonds is 7. The third kappa shape index (κ3) is 4.39. The Morgan fingerprint density at radius 3 is 2.83 bits per heavy atom. The number of hydrogen-bond donors (Lipinski definition) is 0. The number of hydrogen-bond acceptors (Lipinski definition) is 5. The van der Waals surface area contributed by atoms with Crippen molar-refractivity contribution in [1.29, 1.82) is 0 Å². The smallest absolute Gasteiger partial charge is 0.319 e. The van der Waals surface area contributed by atoms with E-state index in [9.17, 15) is 9.59 Å². The van der Waals surface area contributed by atoms with Crippen molar-refractivity contribution in [2.24, 2.45) is 0 Å². The van der Waals surface area contributed by atoms with Gasteiger partial charge in [0.1, 0.15) is 5.25 Å². The Labute approximate surface area is 153 Å². The molecule has 1 heterocycles. The van der Waals surface area contributed by atoms with Gasteiger partial charge in [0.2, 0.25) is 0 Å². The second kappa shape index (κ2) is 8.67. The molecule has 1 unspecified atom stereocenters. The molecule has 7 heteroatoms. The molecule has 0 bridgehead atoms. The van der Waals surface area contributed by atoms with Gasteiger partial charge in [-0.2, -0.15) is 0 Å². The molecule has 1 aromatic carbocycles. The maximum Gasteiger partial charge on any atom is 0.319 e. The van der Waals surface area contributed by atoms with Crippen LogP contribution >= 0.6 is 27.7 Å². The second-order valence-electron chi connectivity index (χ2n) is 5.39. The minimum Gasteiger partial charge on any atom is -0.465 e. The number of unbranched alkanes of at least 4 members (excludes halogenated alkanes) is 1. The van der Waals surface area contributed by atoms with Crippen LogP contribution in [0.2, 0.25) is 0 Å². The van der Waals surface area contributed by atoms with Crippen molar-refractivity contribution in [2.75, 3.05) is 6.61 Å². The van der Waals surface area contributed by atoms with Crippen LogP contribution in [0.15, 0.2) is 32.6 Å². The molecule has 0 N–H and O–H groups in total. The Hall–Kier alpha value is -1.34. The molecule has 0 aliphatic rings. The number of thioether (sulfide) groups is 1. The molecular weight excluding hydrogens is 392 g/mol. The number of halogens is 1. The highest BCUT2D eigenvalue weighted by molar-refractivity contribution is 9.10. The van der Waals surface area contributed by atoms with E-state index in [0.29, 0.717) is 29.2 Å². The summed E-state index contributed by atoms with van der Waals surface area (Å²) in [7, 11) is 0. The number of nitrogens with zero attached hydrogens (tertiary/aromatic N) is 2. The predicted octanol–water partition coefficient (Wildman–Crippen LogP) is 4.00. The topological polar surface area (TPSA) is 61.2 Å². The molecule has 1 aromatic heterocycles. The molecule has 5 nitrogen and oxygen atoms in total. The van der Waals surface area contributed by atoms with E-state index in [1.165, 1.54) is 11.8 Å². The van der Waals surface area contributed by atoms with Gasteiger partial charge in [0.15, 0.2) is 5.16 Å². The second-order valence-corrected chi connectivity index (χ2v) is 7.61. The van der Waals surface area contributed by atoms with Crippen LogP contribution in [0.5, 0.6) is 0 Å². The molecule has 0 saturated carbocycles. The first-order valence-corrected chi connectivity index (χ1v) is 9.68. The van der Waals surface area contributed by atoms with Crippen molar-refractivity contribution in [3.63, 3.8) is 0 Å². The van der Waals surface area contributed by atoms with Gasteiger partial charge >= 0.3 is 5.97 Å². The van der Waals surface area contributed by atoms with Gasteiger partial charge in [0.05, 0.1) is 17.5 Å². The quantitative estimate of drug-likeness (QED) is 0.297. The Bertz CT molecular complexity index is 791. The van der Waals surface area contributed by atoms with E-state index < -0.39 is 5.25 Å². The lowest BCUT2D eigenvalue weighted by molar-refractivity contribution is -0.142. The summed E-state index contributed by atoms with van der Waals surface area (Å²) in [6.07, 6.45) is 1.83. The predicted molar refractivity (Wildman–Crippen MR) is 101 cm³/mol. The maximum absolute atomic E-state index is 12.7. The molecule has 2 rings (SSSR count). The zero-order chi connectivity index (χ0) is 17.7. The van der Waals surface area contributed by atoms with E-state index >= 15 is 0 Å². The van der Waals surface area contributed by atoms with Gasteiger partial charge in [-0.3, -0.25) is 14.2 Å². The number of ether oxygens (including phenoxy) is 1. The molecule has 24 heavy (non-hydrogen) atoms. The van der Waals surface area contributed by atoms with E-state index in [1.807, 2.05) is 19.9 Å².